The average Bonchev–Trinajstić information content (AvgIpc) is 3.15. The van der Waals surface area contributed by atoms with Crippen molar-refractivity contribution in [3.8, 4) is 0 Å². The average molecular weight is 351 g/mol. The third-order valence-corrected chi connectivity index (χ3v) is 5.51. The van der Waals surface area contributed by atoms with E-state index in [1.807, 2.05) is 42.3 Å². The molecule has 4 rings (SSSR count). The number of hydrogen-bond acceptors (Lipinski definition) is 4. The smallest absolute Gasteiger partial charge is 0.254 e. The summed E-state index contributed by atoms with van der Waals surface area (Å²) in [5.74, 6) is 0.894. The molecule has 0 fully saturated rings. The van der Waals surface area contributed by atoms with Crippen molar-refractivity contribution in [3.63, 3.8) is 0 Å². The lowest BCUT2D eigenvalue weighted by molar-refractivity contribution is -0.130. The summed E-state index contributed by atoms with van der Waals surface area (Å²) in [5, 5.41) is 3.54. The molecule has 2 aliphatic rings. The molecule has 0 aliphatic carbocycles. The summed E-state index contributed by atoms with van der Waals surface area (Å²) in [4.78, 5) is 17.7. The molecule has 2 aliphatic heterocycles. The number of carbonyl (C=O) groups is 1. The first-order valence-electron chi connectivity index (χ1n) is 9.08. The van der Waals surface area contributed by atoms with Crippen LogP contribution < -0.4 is 5.32 Å². The number of benzene rings is 1. The fourth-order valence-corrected chi connectivity index (χ4v) is 4.08. The second-order valence-electron chi connectivity index (χ2n) is 7.55. The highest BCUT2D eigenvalue weighted by molar-refractivity contribution is 5.99. The largest absolute Gasteiger partial charge is 0.467 e. The van der Waals surface area contributed by atoms with Crippen LogP contribution in [0, 0.1) is 0 Å². The molecule has 0 saturated carbocycles. The van der Waals surface area contributed by atoms with Crippen LogP contribution in [0.1, 0.15) is 31.2 Å². The van der Waals surface area contributed by atoms with E-state index < -0.39 is 5.54 Å². The Morgan fingerprint density at radius 3 is 2.65 bits per heavy atom. The highest BCUT2D eigenvalue weighted by atomic mass is 16.3. The Labute approximate surface area is 154 Å². The molecule has 5 nitrogen and oxygen atoms in total. The number of rotatable bonds is 3. The molecule has 3 heterocycles. The molecule has 0 bridgehead atoms. The molecule has 1 aromatic carbocycles. The lowest BCUT2D eigenvalue weighted by Gasteiger charge is -2.35. The van der Waals surface area contributed by atoms with Gasteiger partial charge in [0.05, 0.1) is 17.4 Å². The third kappa shape index (κ3) is 2.63. The fourth-order valence-electron chi connectivity index (χ4n) is 4.08. The zero-order valence-corrected chi connectivity index (χ0v) is 15.5. The van der Waals surface area contributed by atoms with Gasteiger partial charge in [-0.25, -0.2) is 0 Å². The monoisotopic (exact) mass is 351 g/mol. The molecule has 0 saturated heterocycles. The molecule has 2 aromatic rings. The van der Waals surface area contributed by atoms with Gasteiger partial charge in [-0.15, -0.1) is 0 Å². The predicted molar refractivity (Wildman–Crippen MR) is 100 cm³/mol. The van der Waals surface area contributed by atoms with E-state index in [4.69, 9.17) is 4.42 Å². The van der Waals surface area contributed by atoms with E-state index in [1.165, 1.54) is 0 Å². The minimum atomic E-state index is -0.391. The van der Waals surface area contributed by atoms with Gasteiger partial charge in [0, 0.05) is 25.3 Å². The number of amides is 1. The minimum Gasteiger partial charge on any atom is -0.467 e. The maximum absolute atomic E-state index is 13.5. The number of carbonyl (C=O) groups excluding carboxylic acids is 1. The maximum atomic E-state index is 13.5. The molecule has 1 aromatic heterocycles. The van der Waals surface area contributed by atoms with E-state index in [0.29, 0.717) is 6.54 Å². The lowest BCUT2D eigenvalue weighted by Crippen LogP contribution is -2.46. The Morgan fingerprint density at radius 2 is 1.96 bits per heavy atom. The highest BCUT2D eigenvalue weighted by Gasteiger charge is 2.49. The second kappa shape index (κ2) is 6.32. The lowest BCUT2D eigenvalue weighted by atomic mass is 9.96. The van der Waals surface area contributed by atoms with Gasteiger partial charge < -0.3 is 14.6 Å². The Balaban J connectivity index is 1.76. The van der Waals surface area contributed by atoms with Crippen LogP contribution in [0.25, 0.3) is 0 Å². The van der Waals surface area contributed by atoms with Crippen LogP contribution in [0.15, 0.2) is 64.4 Å². The molecule has 0 spiro atoms. The molecule has 1 N–H and O–H groups in total. The number of nitrogens with zero attached hydrogens (tertiary/aromatic N) is 2. The van der Waals surface area contributed by atoms with Gasteiger partial charge in [0.15, 0.2) is 0 Å². The molecule has 1 unspecified atom stereocenters. The minimum absolute atomic E-state index is 0.0801. The number of likely N-dealkylation sites (N-methyl/N-ethyl adjacent to an activating group) is 1. The van der Waals surface area contributed by atoms with E-state index in [9.17, 15) is 4.79 Å². The van der Waals surface area contributed by atoms with E-state index in [0.717, 1.165) is 35.7 Å². The molecule has 0 radical (unpaired) electrons. The van der Waals surface area contributed by atoms with Gasteiger partial charge >= 0.3 is 0 Å². The first kappa shape index (κ1) is 16.9. The fraction of sp³-hybridized carbons (Fsp3) is 0.381. The summed E-state index contributed by atoms with van der Waals surface area (Å²) >= 11 is 0. The Morgan fingerprint density at radius 1 is 1.19 bits per heavy atom. The van der Waals surface area contributed by atoms with Crippen LogP contribution in [-0.4, -0.2) is 41.4 Å². The Hall–Kier alpha value is -2.53. The normalized spacial score (nSPS) is 23.0. The molecule has 5 heteroatoms. The van der Waals surface area contributed by atoms with Gasteiger partial charge in [-0.05, 0) is 38.6 Å². The Bertz CT molecular complexity index is 824. The molecular weight excluding hydrogens is 326 g/mol. The zero-order chi connectivity index (χ0) is 18.3. The second-order valence-corrected chi connectivity index (χ2v) is 7.55. The molecule has 1 atom stereocenters. The van der Waals surface area contributed by atoms with E-state index in [1.54, 1.807) is 6.26 Å². The van der Waals surface area contributed by atoms with Crippen LogP contribution in [-0.2, 0) is 11.3 Å². The topological polar surface area (TPSA) is 48.7 Å². The van der Waals surface area contributed by atoms with E-state index in [-0.39, 0.29) is 11.9 Å². The first-order chi connectivity index (χ1) is 12.5. The molecule has 1 amide bonds. The van der Waals surface area contributed by atoms with Crippen molar-refractivity contribution in [3.05, 3.63) is 71.3 Å². The summed E-state index contributed by atoms with van der Waals surface area (Å²) in [6.45, 7) is 6.49. The van der Waals surface area contributed by atoms with Crippen molar-refractivity contribution in [2.45, 2.75) is 32.0 Å². The van der Waals surface area contributed by atoms with Crippen molar-refractivity contribution < 1.29 is 9.21 Å². The summed E-state index contributed by atoms with van der Waals surface area (Å²) < 4.78 is 5.70. The van der Waals surface area contributed by atoms with Gasteiger partial charge in [-0.3, -0.25) is 9.69 Å². The standard InChI is InChI=1S/C21H25N3O2/c1-21(2)19-17(20(25)24(21)14-15-8-5-4-6-9-15)18(16-10-7-13-26-16)23(3)12-11-22-19/h4-10,13,18,22H,11-12,14H2,1-3H3. The maximum Gasteiger partial charge on any atom is 0.254 e. The van der Waals surface area contributed by atoms with Crippen molar-refractivity contribution >= 4 is 5.91 Å². The number of nitrogens with one attached hydrogen (secondary N) is 1. The van der Waals surface area contributed by atoms with E-state index >= 15 is 0 Å². The van der Waals surface area contributed by atoms with Crippen LogP contribution in [0.5, 0.6) is 0 Å². The summed E-state index contributed by atoms with van der Waals surface area (Å²) in [7, 11) is 2.05. The molecule has 136 valence electrons. The van der Waals surface area contributed by atoms with Crippen molar-refractivity contribution in [1.29, 1.82) is 0 Å². The number of hydrogen-bond donors (Lipinski definition) is 1. The number of furan rings is 1. The van der Waals surface area contributed by atoms with Gasteiger partial charge in [0.1, 0.15) is 11.8 Å². The van der Waals surface area contributed by atoms with Crippen LogP contribution in [0.2, 0.25) is 0 Å². The first-order valence-corrected chi connectivity index (χ1v) is 9.08. The van der Waals surface area contributed by atoms with Crippen LogP contribution in [0.3, 0.4) is 0 Å². The van der Waals surface area contributed by atoms with Gasteiger partial charge in [0.25, 0.3) is 5.91 Å². The van der Waals surface area contributed by atoms with Gasteiger partial charge in [0.2, 0.25) is 0 Å². The zero-order valence-electron chi connectivity index (χ0n) is 15.5. The van der Waals surface area contributed by atoms with Crippen molar-refractivity contribution in [2.75, 3.05) is 20.1 Å². The van der Waals surface area contributed by atoms with Crippen molar-refractivity contribution in [2.24, 2.45) is 0 Å². The summed E-state index contributed by atoms with van der Waals surface area (Å²) in [6, 6.07) is 13.8. The van der Waals surface area contributed by atoms with E-state index in [2.05, 4.69) is 36.2 Å². The van der Waals surface area contributed by atoms with Crippen molar-refractivity contribution in [1.82, 2.24) is 15.1 Å². The summed E-state index contributed by atoms with van der Waals surface area (Å²) in [5.41, 5.74) is 2.57. The molecule has 26 heavy (non-hydrogen) atoms. The predicted octanol–water partition coefficient (Wildman–Crippen LogP) is 2.93. The van der Waals surface area contributed by atoms with Crippen LogP contribution in [0.4, 0.5) is 0 Å². The van der Waals surface area contributed by atoms with Gasteiger partial charge in [-0.1, -0.05) is 30.3 Å². The molecular formula is C21H25N3O2. The summed E-state index contributed by atoms with van der Waals surface area (Å²) in [6.07, 6.45) is 1.67. The third-order valence-electron chi connectivity index (χ3n) is 5.51. The SMILES string of the molecule is CN1CCNC2=C(C(=O)N(Cc3ccccc3)C2(C)C)C1c1ccco1. The quantitative estimate of drug-likeness (QED) is 0.924. The highest BCUT2D eigenvalue weighted by Crippen LogP contribution is 2.43. The van der Waals surface area contributed by atoms with Crippen LogP contribution >= 0.6 is 0 Å². The Kier molecular flexibility index (Phi) is 4.11. The van der Waals surface area contributed by atoms with Gasteiger partial charge in [-0.2, -0.15) is 0 Å².